The zero-order valence-electron chi connectivity index (χ0n) is 18.2. The first-order chi connectivity index (χ1) is 15.1. The molecule has 7 heteroatoms. The molecule has 0 N–H and O–H groups in total. The van der Waals surface area contributed by atoms with Crippen molar-refractivity contribution in [3.8, 4) is 11.5 Å². The molecule has 4 rings (SSSR count). The lowest BCUT2D eigenvalue weighted by molar-refractivity contribution is -0.143. The van der Waals surface area contributed by atoms with Crippen LogP contribution in [0.5, 0.6) is 11.5 Å². The molecule has 6 nitrogen and oxygen atoms in total. The van der Waals surface area contributed by atoms with Crippen molar-refractivity contribution in [3.05, 3.63) is 46.2 Å². The van der Waals surface area contributed by atoms with Crippen LogP contribution in [-0.2, 0) is 22.4 Å². The summed E-state index contributed by atoms with van der Waals surface area (Å²) in [6.45, 7) is 2.18. The lowest BCUT2D eigenvalue weighted by Crippen LogP contribution is -2.57. The fourth-order valence-corrected chi connectivity index (χ4v) is 5.50. The van der Waals surface area contributed by atoms with Crippen molar-refractivity contribution in [2.75, 3.05) is 33.9 Å². The smallest absolute Gasteiger partial charge is 0.227 e. The lowest BCUT2D eigenvalue weighted by Gasteiger charge is -2.47. The maximum atomic E-state index is 12.7. The maximum absolute atomic E-state index is 12.7. The van der Waals surface area contributed by atoms with Gasteiger partial charge in [0.1, 0.15) is 0 Å². The van der Waals surface area contributed by atoms with E-state index in [1.165, 1.54) is 0 Å². The molecule has 0 aliphatic carbocycles. The van der Waals surface area contributed by atoms with Crippen molar-refractivity contribution in [1.29, 1.82) is 0 Å². The van der Waals surface area contributed by atoms with Crippen molar-refractivity contribution in [2.45, 2.75) is 38.1 Å². The minimum absolute atomic E-state index is 0.200. The van der Waals surface area contributed by atoms with Crippen LogP contribution in [0.3, 0.4) is 0 Å². The largest absolute Gasteiger partial charge is 0.493 e. The lowest BCUT2D eigenvalue weighted by atomic mass is 9.83. The normalized spacial score (nSPS) is 21.0. The van der Waals surface area contributed by atoms with E-state index in [1.807, 2.05) is 39.9 Å². The van der Waals surface area contributed by atoms with E-state index in [9.17, 15) is 9.59 Å². The van der Waals surface area contributed by atoms with Crippen LogP contribution in [0.2, 0.25) is 0 Å². The maximum Gasteiger partial charge on any atom is 0.227 e. The van der Waals surface area contributed by atoms with Crippen molar-refractivity contribution < 1.29 is 19.1 Å². The van der Waals surface area contributed by atoms with Crippen LogP contribution in [0.4, 0.5) is 0 Å². The van der Waals surface area contributed by atoms with Gasteiger partial charge in [-0.25, -0.2) is 0 Å². The summed E-state index contributed by atoms with van der Waals surface area (Å²) in [5.41, 5.74) is 2.21. The Morgan fingerprint density at radius 1 is 1.13 bits per heavy atom. The molecule has 2 aromatic rings. The second-order valence-corrected chi connectivity index (χ2v) is 9.11. The van der Waals surface area contributed by atoms with Gasteiger partial charge in [-0.3, -0.25) is 9.59 Å². The molecule has 0 unspecified atom stereocenters. The molecule has 0 spiro atoms. The Morgan fingerprint density at radius 2 is 1.97 bits per heavy atom. The van der Waals surface area contributed by atoms with Crippen molar-refractivity contribution in [2.24, 2.45) is 5.92 Å². The number of ether oxygens (including phenoxy) is 2. The first kappa shape index (κ1) is 21.7. The third kappa shape index (κ3) is 4.87. The Bertz CT molecular complexity index is 914. The van der Waals surface area contributed by atoms with Crippen molar-refractivity contribution in [3.63, 3.8) is 0 Å². The highest BCUT2D eigenvalue weighted by Gasteiger charge is 2.40. The SMILES string of the molecule is COc1ccc(CCN2C(=O)CC[C@@H]3CN(C(=O)Cc4ccsc4)CC[C@@H]32)cc1OC. The standard InChI is InChI=1S/C24H30N2O4S/c1-29-21-5-3-17(13-22(21)30-2)7-11-26-20-8-10-25(15-19(20)4-6-23(26)27)24(28)14-18-9-12-31-16-18/h3,5,9,12-13,16,19-20H,4,6-8,10-11,14-15H2,1-2H3/t19-,20+/m1/s1. The Morgan fingerprint density at radius 3 is 2.71 bits per heavy atom. The summed E-state index contributed by atoms with van der Waals surface area (Å²) in [4.78, 5) is 29.5. The Balaban J connectivity index is 1.37. The van der Waals surface area contributed by atoms with E-state index in [0.717, 1.165) is 43.5 Å². The van der Waals surface area contributed by atoms with Crippen LogP contribution in [0, 0.1) is 5.92 Å². The second kappa shape index (κ2) is 9.73. The molecular formula is C24H30N2O4S. The van der Waals surface area contributed by atoms with E-state index < -0.39 is 0 Å². The van der Waals surface area contributed by atoms with Gasteiger partial charge in [-0.15, -0.1) is 0 Å². The minimum Gasteiger partial charge on any atom is -0.493 e. The number of rotatable bonds is 7. The number of benzene rings is 1. The zero-order valence-corrected chi connectivity index (χ0v) is 19.0. The molecule has 166 valence electrons. The number of amides is 2. The number of carbonyl (C=O) groups excluding carboxylic acids is 2. The van der Waals surface area contributed by atoms with Crippen LogP contribution in [0.1, 0.15) is 30.4 Å². The highest BCUT2D eigenvalue weighted by Crippen LogP contribution is 2.32. The third-order valence-electron chi connectivity index (χ3n) is 6.52. The molecule has 2 fully saturated rings. The summed E-state index contributed by atoms with van der Waals surface area (Å²) in [5.74, 6) is 2.22. The van der Waals surface area contributed by atoms with Gasteiger partial charge in [0.05, 0.1) is 20.6 Å². The second-order valence-electron chi connectivity index (χ2n) is 8.33. The van der Waals surface area contributed by atoms with Gasteiger partial charge in [-0.2, -0.15) is 11.3 Å². The van der Waals surface area contributed by atoms with E-state index in [1.54, 1.807) is 25.6 Å². The predicted molar refractivity (Wildman–Crippen MR) is 121 cm³/mol. The molecule has 1 aromatic carbocycles. The average molecular weight is 443 g/mol. The molecule has 0 bridgehead atoms. The Hall–Kier alpha value is -2.54. The highest BCUT2D eigenvalue weighted by atomic mass is 32.1. The number of fused-ring (bicyclic) bond motifs is 1. The van der Waals surface area contributed by atoms with Crippen LogP contribution in [0.25, 0.3) is 0 Å². The molecular weight excluding hydrogens is 412 g/mol. The summed E-state index contributed by atoms with van der Waals surface area (Å²) in [6, 6.07) is 8.17. The van der Waals surface area contributed by atoms with Gasteiger partial charge >= 0.3 is 0 Å². The summed E-state index contributed by atoms with van der Waals surface area (Å²) in [7, 11) is 3.26. The van der Waals surface area contributed by atoms with Gasteiger partial charge in [0.2, 0.25) is 11.8 Å². The summed E-state index contributed by atoms with van der Waals surface area (Å²) < 4.78 is 10.7. The summed E-state index contributed by atoms with van der Waals surface area (Å²) >= 11 is 1.63. The number of hydrogen-bond acceptors (Lipinski definition) is 5. The number of piperidine rings is 2. The minimum atomic E-state index is 0.200. The number of nitrogens with zero attached hydrogens (tertiary/aromatic N) is 2. The first-order valence-corrected chi connectivity index (χ1v) is 11.8. The fourth-order valence-electron chi connectivity index (χ4n) is 4.83. The number of thiophene rings is 1. The van der Waals surface area contributed by atoms with Gasteiger partial charge in [0, 0.05) is 32.1 Å². The number of hydrogen-bond donors (Lipinski definition) is 0. The highest BCUT2D eigenvalue weighted by molar-refractivity contribution is 7.08. The van der Waals surface area contributed by atoms with E-state index in [4.69, 9.17) is 9.47 Å². The number of likely N-dealkylation sites (tertiary alicyclic amines) is 2. The molecule has 2 aliphatic heterocycles. The quantitative estimate of drug-likeness (QED) is 0.660. The molecule has 2 saturated heterocycles. The Kier molecular flexibility index (Phi) is 6.80. The van der Waals surface area contributed by atoms with Gasteiger partial charge < -0.3 is 19.3 Å². The van der Waals surface area contributed by atoms with Gasteiger partial charge in [-0.1, -0.05) is 6.07 Å². The van der Waals surface area contributed by atoms with E-state index >= 15 is 0 Å². The van der Waals surface area contributed by atoms with Crippen LogP contribution >= 0.6 is 11.3 Å². The number of carbonyl (C=O) groups is 2. The Labute approximate surface area is 187 Å². The van der Waals surface area contributed by atoms with E-state index in [-0.39, 0.29) is 17.9 Å². The topological polar surface area (TPSA) is 59.1 Å². The molecule has 1 aromatic heterocycles. The summed E-state index contributed by atoms with van der Waals surface area (Å²) in [6.07, 6.45) is 3.55. The number of methoxy groups -OCH3 is 2. The van der Waals surface area contributed by atoms with Crippen LogP contribution < -0.4 is 9.47 Å². The van der Waals surface area contributed by atoms with E-state index in [2.05, 4.69) is 4.90 Å². The molecule has 31 heavy (non-hydrogen) atoms. The molecule has 0 saturated carbocycles. The summed E-state index contributed by atoms with van der Waals surface area (Å²) in [5, 5.41) is 4.05. The fraction of sp³-hybridized carbons (Fsp3) is 0.500. The third-order valence-corrected chi connectivity index (χ3v) is 7.25. The van der Waals surface area contributed by atoms with Crippen LogP contribution in [-0.4, -0.2) is 61.5 Å². The van der Waals surface area contributed by atoms with E-state index in [0.29, 0.717) is 36.8 Å². The first-order valence-electron chi connectivity index (χ1n) is 10.9. The molecule has 3 heterocycles. The average Bonchev–Trinajstić information content (AvgIpc) is 3.30. The predicted octanol–water partition coefficient (Wildman–Crippen LogP) is 3.39. The van der Waals surface area contributed by atoms with Crippen LogP contribution in [0.15, 0.2) is 35.0 Å². The molecule has 2 aliphatic rings. The van der Waals surface area contributed by atoms with Crippen molar-refractivity contribution in [1.82, 2.24) is 9.80 Å². The molecule has 0 radical (unpaired) electrons. The van der Waals surface area contributed by atoms with Gasteiger partial charge in [0.15, 0.2) is 11.5 Å². The van der Waals surface area contributed by atoms with Gasteiger partial charge in [0.25, 0.3) is 0 Å². The monoisotopic (exact) mass is 442 g/mol. The molecule has 2 atom stereocenters. The van der Waals surface area contributed by atoms with Gasteiger partial charge in [-0.05, 0) is 65.3 Å². The van der Waals surface area contributed by atoms with Crippen molar-refractivity contribution >= 4 is 23.2 Å². The zero-order chi connectivity index (χ0) is 21.8. The molecule has 2 amide bonds.